The lowest BCUT2D eigenvalue weighted by Crippen LogP contribution is -2.25. The molecule has 1 fully saturated rings. The van der Waals surface area contributed by atoms with Crippen molar-refractivity contribution in [2.45, 2.75) is 135 Å². The number of unbranched alkanes of at least 4 members (excludes halogenated alkanes) is 12. The Kier molecular flexibility index (Phi) is 15.8. The van der Waals surface area contributed by atoms with E-state index < -0.39 is 69.3 Å². The minimum Gasteiger partial charge on any atom is -0.429 e. The standard InChI is InChI=1S/C46H51F9O/c1-2-3-4-5-6-7-8-9-10-11-12-13-14-15-30-16-18-31(19-17-30)32-20-22-36(38(47)24-32)33-25-40(49)44(41(50)26-33)46(54,55)56-35-21-23-37(39(48)29-35)34-27-42(51)45(53)43(52)28-34/h20-31H,2-19H2,1H3. The maximum Gasteiger partial charge on any atom is 0.432 e. The van der Waals surface area contributed by atoms with E-state index in [2.05, 4.69) is 11.7 Å². The molecule has 0 heterocycles. The van der Waals surface area contributed by atoms with Crippen molar-refractivity contribution in [3.63, 3.8) is 0 Å². The molecule has 56 heavy (non-hydrogen) atoms. The Hall–Kier alpha value is -3.95. The lowest BCUT2D eigenvalue weighted by Gasteiger charge is -2.29. The van der Waals surface area contributed by atoms with Crippen molar-refractivity contribution in [1.29, 1.82) is 0 Å². The molecule has 304 valence electrons. The molecule has 0 atom stereocenters. The maximum absolute atomic E-state index is 15.4. The zero-order valence-corrected chi connectivity index (χ0v) is 32.0. The van der Waals surface area contributed by atoms with Gasteiger partial charge in [-0.1, -0.05) is 109 Å². The van der Waals surface area contributed by atoms with E-state index in [0.717, 1.165) is 43.4 Å². The Balaban J connectivity index is 1.10. The van der Waals surface area contributed by atoms with Gasteiger partial charge in [0, 0.05) is 17.2 Å². The minimum absolute atomic E-state index is 0.157. The molecule has 1 saturated carbocycles. The number of alkyl halides is 2. The van der Waals surface area contributed by atoms with E-state index in [1.54, 1.807) is 6.07 Å². The second kappa shape index (κ2) is 20.5. The summed E-state index contributed by atoms with van der Waals surface area (Å²) in [5, 5.41) is 0. The molecule has 1 aliphatic carbocycles. The fraction of sp³-hybridized carbons (Fsp3) is 0.478. The number of hydrogen-bond acceptors (Lipinski definition) is 1. The van der Waals surface area contributed by atoms with E-state index in [9.17, 15) is 17.6 Å². The van der Waals surface area contributed by atoms with E-state index in [-0.39, 0.29) is 17.0 Å². The summed E-state index contributed by atoms with van der Waals surface area (Å²) >= 11 is 0. The van der Waals surface area contributed by atoms with Gasteiger partial charge >= 0.3 is 6.11 Å². The number of hydrogen-bond donors (Lipinski definition) is 0. The number of rotatable bonds is 20. The number of halogens is 9. The first-order valence-corrected chi connectivity index (χ1v) is 20.2. The summed E-state index contributed by atoms with van der Waals surface area (Å²) < 4.78 is 136. The highest BCUT2D eigenvalue weighted by Crippen LogP contribution is 2.41. The molecular weight excluding hydrogens is 739 g/mol. The highest BCUT2D eigenvalue weighted by atomic mass is 19.3. The van der Waals surface area contributed by atoms with Crippen LogP contribution >= 0.6 is 0 Å². The van der Waals surface area contributed by atoms with Crippen LogP contribution in [0.2, 0.25) is 0 Å². The lowest BCUT2D eigenvalue weighted by molar-refractivity contribution is -0.189. The Bertz CT molecular complexity index is 1840. The van der Waals surface area contributed by atoms with Crippen molar-refractivity contribution < 1.29 is 44.3 Å². The predicted octanol–water partition coefficient (Wildman–Crippen LogP) is 15.9. The van der Waals surface area contributed by atoms with Crippen LogP contribution in [-0.4, -0.2) is 0 Å². The minimum atomic E-state index is -4.65. The summed E-state index contributed by atoms with van der Waals surface area (Å²) in [7, 11) is 0. The monoisotopic (exact) mass is 790 g/mol. The van der Waals surface area contributed by atoms with Gasteiger partial charge in [-0.25, -0.2) is 30.7 Å². The highest BCUT2D eigenvalue weighted by molar-refractivity contribution is 5.66. The summed E-state index contributed by atoms with van der Waals surface area (Å²) in [4.78, 5) is 0. The van der Waals surface area contributed by atoms with Crippen molar-refractivity contribution in [2.75, 3.05) is 0 Å². The molecule has 0 aromatic heterocycles. The van der Waals surface area contributed by atoms with E-state index in [1.165, 1.54) is 102 Å². The van der Waals surface area contributed by atoms with Gasteiger partial charge in [-0.3, -0.25) is 0 Å². The van der Waals surface area contributed by atoms with Crippen LogP contribution in [0.1, 0.15) is 140 Å². The van der Waals surface area contributed by atoms with Crippen LogP contribution in [0.3, 0.4) is 0 Å². The molecule has 4 aromatic rings. The number of ether oxygens (including phenoxy) is 1. The van der Waals surface area contributed by atoms with Gasteiger partial charge in [0.1, 0.15) is 34.6 Å². The third-order valence-electron chi connectivity index (χ3n) is 11.2. The summed E-state index contributed by atoms with van der Waals surface area (Å²) in [6.45, 7) is 2.25. The van der Waals surface area contributed by atoms with Crippen molar-refractivity contribution in [2.24, 2.45) is 5.92 Å². The third kappa shape index (κ3) is 11.6. The van der Waals surface area contributed by atoms with Gasteiger partial charge in [-0.05, 0) is 96.7 Å². The summed E-state index contributed by atoms with van der Waals surface area (Å²) in [5.41, 5.74) is -2.34. The van der Waals surface area contributed by atoms with Gasteiger partial charge in [0.25, 0.3) is 0 Å². The molecule has 1 aliphatic rings. The smallest absolute Gasteiger partial charge is 0.429 e. The van der Waals surface area contributed by atoms with Gasteiger partial charge in [-0.2, -0.15) is 8.78 Å². The zero-order chi connectivity index (χ0) is 40.2. The van der Waals surface area contributed by atoms with Crippen molar-refractivity contribution in [3.05, 3.63) is 113 Å². The van der Waals surface area contributed by atoms with Gasteiger partial charge in [0.2, 0.25) is 0 Å². The summed E-state index contributed by atoms with van der Waals surface area (Å²) in [6, 6.07) is 8.70. The van der Waals surface area contributed by atoms with Gasteiger partial charge < -0.3 is 4.74 Å². The molecule has 0 amide bonds. The van der Waals surface area contributed by atoms with E-state index in [1.807, 2.05) is 0 Å². The molecular formula is C46H51F9O. The summed E-state index contributed by atoms with van der Waals surface area (Å²) in [5.74, 6) is -10.5. The van der Waals surface area contributed by atoms with Gasteiger partial charge in [0.15, 0.2) is 17.5 Å². The number of benzene rings is 4. The molecule has 0 radical (unpaired) electrons. The van der Waals surface area contributed by atoms with Crippen molar-refractivity contribution >= 4 is 0 Å². The van der Waals surface area contributed by atoms with Crippen LogP contribution in [0, 0.1) is 46.6 Å². The molecule has 0 bridgehead atoms. The molecule has 0 spiro atoms. The Labute approximate surface area is 324 Å². The third-order valence-corrected chi connectivity index (χ3v) is 11.2. The largest absolute Gasteiger partial charge is 0.432 e. The van der Waals surface area contributed by atoms with Crippen LogP contribution in [-0.2, 0) is 6.11 Å². The molecule has 0 aliphatic heterocycles. The normalized spacial score (nSPS) is 16.0. The molecule has 5 rings (SSSR count). The fourth-order valence-corrected chi connectivity index (χ4v) is 7.96. The zero-order valence-electron chi connectivity index (χ0n) is 32.0. The van der Waals surface area contributed by atoms with Crippen molar-refractivity contribution in [3.8, 4) is 28.0 Å². The lowest BCUT2D eigenvalue weighted by atomic mass is 9.77. The molecule has 10 heteroatoms. The molecule has 0 N–H and O–H groups in total. The quantitative estimate of drug-likeness (QED) is 0.0492. The van der Waals surface area contributed by atoms with Gasteiger partial charge in [-0.15, -0.1) is 0 Å². The fourth-order valence-electron chi connectivity index (χ4n) is 7.96. The first-order valence-electron chi connectivity index (χ1n) is 20.2. The Morgan fingerprint density at radius 2 is 0.982 bits per heavy atom. The SMILES string of the molecule is CCCCCCCCCCCCCCCC1CCC(c2ccc(-c3cc(F)c(C(F)(F)Oc4ccc(-c5cc(F)c(F)c(F)c5)c(F)c4)c(F)c3)c(F)c2)CC1. The van der Waals surface area contributed by atoms with Crippen LogP contribution < -0.4 is 4.74 Å². The van der Waals surface area contributed by atoms with E-state index in [4.69, 9.17) is 0 Å². The van der Waals surface area contributed by atoms with Crippen molar-refractivity contribution in [1.82, 2.24) is 0 Å². The molecule has 4 aromatic carbocycles. The van der Waals surface area contributed by atoms with Crippen LogP contribution in [0.25, 0.3) is 22.3 Å². The topological polar surface area (TPSA) is 9.23 Å². The molecule has 1 nitrogen and oxygen atoms in total. The van der Waals surface area contributed by atoms with E-state index in [0.29, 0.717) is 36.2 Å². The highest BCUT2D eigenvalue weighted by Gasteiger charge is 2.41. The maximum atomic E-state index is 15.4. The molecule has 0 saturated heterocycles. The van der Waals surface area contributed by atoms with E-state index >= 15 is 22.0 Å². The second-order valence-corrected chi connectivity index (χ2v) is 15.3. The predicted molar refractivity (Wildman–Crippen MR) is 203 cm³/mol. The molecule has 0 unspecified atom stereocenters. The Morgan fingerprint density at radius 1 is 0.518 bits per heavy atom. The first kappa shape index (κ1) is 43.2. The van der Waals surface area contributed by atoms with Gasteiger partial charge in [0.05, 0.1) is 0 Å². The van der Waals surface area contributed by atoms with Crippen LogP contribution in [0.15, 0.2) is 60.7 Å². The van der Waals surface area contributed by atoms with Crippen LogP contribution in [0.5, 0.6) is 5.75 Å². The van der Waals surface area contributed by atoms with Crippen LogP contribution in [0.4, 0.5) is 39.5 Å². The second-order valence-electron chi connectivity index (χ2n) is 15.3. The average Bonchev–Trinajstić information content (AvgIpc) is 3.15. The summed E-state index contributed by atoms with van der Waals surface area (Å²) in [6.07, 6.45) is 17.8. The average molecular weight is 791 g/mol. The Morgan fingerprint density at radius 3 is 1.48 bits per heavy atom. The first-order chi connectivity index (χ1) is 26.9.